The molecule has 4 unspecified atom stereocenters. The highest BCUT2D eigenvalue weighted by molar-refractivity contribution is 7.99. The first-order chi connectivity index (χ1) is 13.1. The van der Waals surface area contributed by atoms with Gasteiger partial charge >= 0.3 is 0 Å². The molecule has 2 aromatic rings. The summed E-state index contributed by atoms with van der Waals surface area (Å²) >= 11 is 1.66. The first-order valence-electron chi connectivity index (χ1n) is 9.59. The predicted octanol–water partition coefficient (Wildman–Crippen LogP) is 4.06. The van der Waals surface area contributed by atoms with E-state index in [1.54, 1.807) is 18.9 Å². The summed E-state index contributed by atoms with van der Waals surface area (Å²) in [4.78, 5) is 17.4. The number of ether oxygens (including phenoxy) is 1. The van der Waals surface area contributed by atoms with E-state index in [-0.39, 0.29) is 11.9 Å². The smallest absolute Gasteiger partial charge is 0.251 e. The number of amides is 1. The Morgan fingerprint density at radius 1 is 1.19 bits per heavy atom. The standard InChI is InChI=1S/C22H26N2O2S/c1-15-12-17-10-11-24(15)14-21(17)23-22(25)16-6-8-19(9-7-16)27-20-5-3-4-18(13-20)26-2/h3-9,13,15,17,21H,10-12,14H2,1-2H3,(H,23,25). The van der Waals surface area contributed by atoms with Crippen LogP contribution in [-0.4, -0.2) is 43.1 Å². The molecule has 3 heterocycles. The Bertz CT molecular complexity index is 808. The number of piperidine rings is 3. The van der Waals surface area contributed by atoms with Crippen LogP contribution in [0.1, 0.15) is 30.1 Å². The first kappa shape index (κ1) is 18.4. The van der Waals surface area contributed by atoms with Gasteiger partial charge in [-0.15, -0.1) is 0 Å². The second kappa shape index (κ2) is 7.95. The van der Waals surface area contributed by atoms with Gasteiger partial charge in [-0.05, 0) is 74.7 Å². The topological polar surface area (TPSA) is 41.6 Å². The molecule has 4 nitrogen and oxygen atoms in total. The van der Waals surface area contributed by atoms with Crippen molar-refractivity contribution in [3.8, 4) is 5.75 Å². The first-order valence-corrected chi connectivity index (χ1v) is 10.4. The summed E-state index contributed by atoms with van der Waals surface area (Å²) in [6.07, 6.45) is 2.40. The average molecular weight is 383 g/mol. The summed E-state index contributed by atoms with van der Waals surface area (Å²) < 4.78 is 5.27. The molecule has 2 aromatic carbocycles. The Labute approximate surface area is 165 Å². The van der Waals surface area contributed by atoms with Crippen molar-refractivity contribution in [3.05, 3.63) is 54.1 Å². The van der Waals surface area contributed by atoms with Gasteiger partial charge in [0.05, 0.1) is 7.11 Å². The zero-order chi connectivity index (χ0) is 18.8. The highest BCUT2D eigenvalue weighted by Gasteiger charge is 2.38. The minimum absolute atomic E-state index is 0.0410. The lowest BCUT2D eigenvalue weighted by atomic mass is 9.80. The molecule has 142 valence electrons. The fourth-order valence-electron chi connectivity index (χ4n) is 4.19. The maximum Gasteiger partial charge on any atom is 0.251 e. The summed E-state index contributed by atoms with van der Waals surface area (Å²) in [5.41, 5.74) is 0.731. The van der Waals surface area contributed by atoms with E-state index in [4.69, 9.17) is 4.74 Å². The molecule has 3 aliphatic rings. The van der Waals surface area contributed by atoms with Gasteiger partial charge in [-0.25, -0.2) is 0 Å². The molecule has 1 N–H and O–H groups in total. The summed E-state index contributed by atoms with van der Waals surface area (Å²) in [6.45, 7) is 4.46. The number of nitrogens with one attached hydrogen (secondary N) is 1. The summed E-state index contributed by atoms with van der Waals surface area (Å²) in [5, 5.41) is 3.27. The molecule has 3 saturated heterocycles. The van der Waals surface area contributed by atoms with Crippen molar-refractivity contribution in [3.63, 3.8) is 0 Å². The predicted molar refractivity (Wildman–Crippen MR) is 109 cm³/mol. The highest BCUT2D eigenvalue weighted by Crippen LogP contribution is 2.32. The molecule has 0 radical (unpaired) electrons. The second-order valence-corrected chi connectivity index (χ2v) is 8.66. The molecule has 2 bridgehead atoms. The Morgan fingerprint density at radius 3 is 2.67 bits per heavy atom. The van der Waals surface area contributed by atoms with Crippen LogP contribution in [0.4, 0.5) is 0 Å². The molecule has 0 saturated carbocycles. The van der Waals surface area contributed by atoms with Crippen molar-refractivity contribution in [1.29, 1.82) is 0 Å². The lowest BCUT2D eigenvalue weighted by Crippen LogP contribution is -2.60. The van der Waals surface area contributed by atoms with Gasteiger partial charge in [0.25, 0.3) is 5.91 Å². The van der Waals surface area contributed by atoms with Gasteiger partial charge in [0.15, 0.2) is 0 Å². The minimum Gasteiger partial charge on any atom is -0.497 e. The number of benzene rings is 2. The highest BCUT2D eigenvalue weighted by atomic mass is 32.2. The number of rotatable bonds is 5. The van der Waals surface area contributed by atoms with Crippen molar-refractivity contribution in [2.75, 3.05) is 20.2 Å². The molecular weight excluding hydrogens is 356 g/mol. The normalized spacial score (nSPS) is 26.6. The van der Waals surface area contributed by atoms with Gasteiger partial charge in [0, 0.05) is 34.0 Å². The molecule has 3 aliphatic heterocycles. The number of hydrogen-bond donors (Lipinski definition) is 1. The zero-order valence-corrected chi connectivity index (χ0v) is 16.7. The molecule has 0 aromatic heterocycles. The monoisotopic (exact) mass is 382 g/mol. The number of carbonyl (C=O) groups is 1. The largest absolute Gasteiger partial charge is 0.497 e. The lowest BCUT2D eigenvalue weighted by molar-refractivity contribution is 0.0274. The van der Waals surface area contributed by atoms with E-state index in [0.29, 0.717) is 12.0 Å². The Balaban J connectivity index is 1.38. The van der Waals surface area contributed by atoms with Crippen molar-refractivity contribution >= 4 is 17.7 Å². The Morgan fingerprint density at radius 2 is 2.00 bits per heavy atom. The van der Waals surface area contributed by atoms with Crippen molar-refractivity contribution in [2.45, 2.75) is 41.6 Å². The maximum atomic E-state index is 12.7. The molecule has 27 heavy (non-hydrogen) atoms. The molecule has 4 atom stereocenters. The van der Waals surface area contributed by atoms with Crippen LogP contribution in [0.5, 0.6) is 5.75 Å². The average Bonchev–Trinajstić information content (AvgIpc) is 2.69. The van der Waals surface area contributed by atoms with Crippen LogP contribution in [0.3, 0.4) is 0 Å². The van der Waals surface area contributed by atoms with Gasteiger partial charge in [-0.1, -0.05) is 17.8 Å². The van der Waals surface area contributed by atoms with E-state index in [2.05, 4.69) is 23.2 Å². The van der Waals surface area contributed by atoms with Gasteiger partial charge in [0.1, 0.15) is 5.75 Å². The number of hydrogen-bond acceptors (Lipinski definition) is 4. The van der Waals surface area contributed by atoms with Gasteiger partial charge in [0.2, 0.25) is 0 Å². The van der Waals surface area contributed by atoms with Gasteiger partial charge < -0.3 is 10.1 Å². The summed E-state index contributed by atoms with van der Waals surface area (Å²) in [7, 11) is 1.67. The lowest BCUT2D eigenvalue weighted by Gasteiger charge is -2.48. The van der Waals surface area contributed by atoms with Gasteiger partial charge in [-0.3, -0.25) is 9.69 Å². The van der Waals surface area contributed by atoms with Crippen molar-refractivity contribution in [2.24, 2.45) is 5.92 Å². The van der Waals surface area contributed by atoms with Crippen molar-refractivity contribution in [1.82, 2.24) is 10.2 Å². The van der Waals surface area contributed by atoms with E-state index in [0.717, 1.165) is 27.6 Å². The van der Waals surface area contributed by atoms with Crippen LogP contribution >= 0.6 is 11.8 Å². The molecule has 0 spiro atoms. The Hall–Kier alpha value is -1.98. The van der Waals surface area contributed by atoms with E-state index >= 15 is 0 Å². The molecule has 5 rings (SSSR count). The SMILES string of the molecule is COc1cccc(Sc2ccc(C(=O)NC3CN4CCC3CC4C)cc2)c1. The third kappa shape index (κ3) is 4.14. The van der Waals surface area contributed by atoms with E-state index in [9.17, 15) is 4.79 Å². The molecule has 0 aliphatic carbocycles. The zero-order valence-electron chi connectivity index (χ0n) is 15.9. The number of nitrogens with zero attached hydrogens (tertiary/aromatic N) is 1. The molecule has 1 amide bonds. The van der Waals surface area contributed by atoms with E-state index in [1.165, 1.54) is 19.4 Å². The minimum atomic E-state index is 0.0410. The molecule has 5 heteroatoms. The number of fused-ring (bicyclic) bond motifs is 3. The van der Waals surface area contributed by atoms with Crippen LogP contribution in [0.15, 0.2) is 58.3 Å². The maximum absolute atomic E-state index is 12.7. The van der Waals surface area contributed by atoms with Crippen LogP contribution in [-0.2, 0) is 0 Å². The fourth-order valence-corrected chi connectivity index (χ4v) is 5.05. The quantitative estimate of drug-likeness (QED) is 0.847. The third-order valence-corrected chi connectivity index (χ3v) is 6.76. The fraction of sp³-hybridized carbons (Fsp3) is 0.409. The third-order valence-electron chi connectivity index (χ3n) is 5.76. The van der Waals surface area contributed by atoms with E-state index < -0.39 is 0 Å². The van der Waals surface area contributed by atoms with Gasteiger partial charge in [-0.2, -0.15) is 0 Å². The van der Waals surface area contributed by atoms with Crippen molar-refractivity contribution < 1.29 is 9.53 Å². The molecular formula is C22H26N2O2S. The summed E-state index contributed by atoms with van der Waals surface area (Å²) in [5.74, 6) is 1.51. The van der Waals surface area contributed by atoms with Crippen LogP contribution in [0, 0.1) is 5.92 Å². The summed E-state index contributed by atoms with van der Waals surface area (Å²) in [6, 6.07) is 16.8. The number of methoxy groups -OCH3 is 1. The van der Waals surface area contributed by atoms with Crippen LogP contribution < -0.4 is 10.1 Å². The Kier molecular flexibility index (Phi) is 5.41. The van der Waals surface area contributed by atoms with Crippen LogP contribution in [0.25, 0.3) is 0 Å². The van der Waals surface area contributed by atoms with Crippen LogP contribution in [0.2, 0.25) is 0 Å². The molecule has 3 fully saturated rings. The second-order valence-electron chi connectivity index (χ2n) is 7.51. The number of carbonyl (C=O) groups excluding carboxylic acids is 1. The van der Waals surface area contributed by atoms with E-state index in [1.807, 2.05) is 42.5 Å².